The van der Waals surface area contributed by atoms with Gasteiger partial charge in [-0.05, 0) is 74.2 Å². The van der Waals surface area contributed by atoms with Crippen LogP contribution in [0.5, 0.6) is 11.5 Å². The Morgan fingerprint density at radius 1 is 0.977 bits per heavy atom. The van der Waals surface area contributed by atoms with Crippen LogP contribution in [0.3, 0.4) is 0 Å². The van der Waals surface area contributed by atoms with Crippen LogP contribution >= 0.6 is 0 Å². The van der Waals surface area contributed by atoms with Crippen LogP contribution < -0.4 is 19.1 Å². The van der Waals surface area contributed by atoms with Gasteiger partial charge in [-0.1, -0.05) is 37.1 Å². The Labute approximate surface area is 252 Å². The van der Waals surface area contributed by atoms with E-state index in [1.54, 1.807) is 6.92 Å². The first-order chi connectivity index (χ1) is 20.5. The minimum atomic E-state index is -4.37. The Morgan fingerprint density at radius 3 is 2.26 bits per heavy atom. The number of hydrogen-bond acceptors (Lipinski definition) is 6. The summed E-state index contributed by atoms with van der Waals surface area (Å²) in [6.45, 7) is 3.02. The quantitative estimate of drug-likeness (QED) is 0.315. The number of rotatable bonds is 12. The van der Waals surface area contributed by atoms with Crippen molar-refractivity contribution in [2.24, 2.45) is 0 Å². The van der Waals surface area contributed by atoms with Gasteiger partial charge >= 0.3 is 0 Å². The van der Waals surface area contributed by atoms with E-state index in [1.807, 2.05) is 31.2 Å². The molecule has 4 rings (SSSR count). The van der Waals surface area contributed by atoms with E-state index in [1.165, 1.54) is 49.5 Å². The third-order valence-corrected chi connectivity index (χ3v) is 9.58. The summed E-state index contributed by atoms with van der Waals surface area (Å²) in [4.78, 5) is 28.7. The van der Waals surface area contributed by atoms with Gasteiger partial charge in [-0.25, -0.2) is 12.8 Å². The van der Waals surface area contributed by atoms with Crippen LogP contribution in [0.2, 0.25) is 0 Å². The number of carbonyl (C=O) groups is 2. The van der Waals surface area contributed by atoms with E-state index in [2.05, 4.69) is 5.32 Å². The van der Waals surface area contributed by atoms with Gasteiger partial charge in [-0.15, -0.1) is 0 Å². The van der Waals surface area contributed by atoms with Gasteiger partial charge in [0, 0.05) is 18.7 Å². The molecular formula is C32H38FN3O6S. The van der Waals surface area contributed by atoms with E-state index in [0.717, 1.165) is 53.2 Å². The molecule has 9 nitrogen and oxygen atoms in total. The molecule has 2 amide bonds. The lowest BCUT2D eigenvalue weighted by Crippen LogP contribution is -2.52. The van der Waals surface area contributed by atoms with Gasteiger partial charge in [0.25, 0.3) is 10.0 Å². The summed E-state index contributed by atoms with van der Waals surface area (Å²) in [6.07, 6.45) is 3.83. The molecule has 43 heavy (non-hydrogen) atoms. The SMILES string of the molecule is COc1ccc(S(=O)(=O)N(CC(=O)N(Cc2ccccc2C)C(C)C(=O)NC2CCCC2)c2ccc(F)cc2)cc1OC. The highest BCUT2D eigenvalue weighted by atomic mass is 32.2. The topological polar surface area (TPSA) is 105 Å². The van der Waals surface area contributed by atoms with Gasteiger partial charge in [0.05, 0.1) is 24.8 Å². The fourth-order valence-corrected chi connectivity index (χ4v) is 6.62. The van der Waals surface area contributed by atoms with E-state index >= 15 is 0 Å². The Morgan fingerprint density at radius 2 is 1.63 bits per heavy atom. The van der Waals surface area contributed by atoms with Crippen molar-refractivity contribution in [3.8, 4) is 11.5 Å². The summed E-state index contributed by atoms with van der Waals surface area (Å²) < 4.78 is 53.5. The number of ether oxygens (including phenoxy) is 2. The number of benzene rings is 3. The smallest absolute Gasteiger partial charge is 0.264 e. The van der Waals surface area contributed by atoms with E-state index < -0.39 is 34.3 Å². The number of aryl methyl sites for hydroxylation is 1. The first-order valence-corrected chi connectivity index (χ1v) is 15.6. The normalized spacial score (nSPS) is 14.2. The van der Waals surface area contributed by atoms with Crippen molar-refractivity contribution < 1.29 is 31.9 Å². The lowest BCUT2D eigenvalue weighted by molar-refractivity contribution is -0.139. The maximum atomic E-state index is 14.1. The zero-order valence-corrected chi connectivity index (χ0v) is 25.7. The number of nitrogens with one attached hydrogen (secondary N) is 1. The lowest BCUT2D eigenvalue weighted by Gasteiger charge is -2.33. The molecule has 1 fully saturated rings. The van der Waals surface area contributed by atoms with E-state index in [0.29, 0.717) is 5.75 Å². The molecule has 0 aliphatic heterocycles. The Kier molecular flexibility index (Phi) is 10.3. The number of anilines is 1. The third kappa shape index (κ3) is 7.45. The minimum absolute atomic E-state index is 0.0477. The number of nitrogens with zero attached hydrogens (tertiary/aromatic N) is 2. The summed E-state index contributed by atoms with van der Waals surface area (Å²) >= 11 is 0. The van der Waals surface area contributed by atoms with Crippen LogP contribution in [0.1, 0.15) is 43.7 Å². The van der Waals surface area contributed by atoms with Crippen molar-refractivity contribution in [1.29, 1.82) is 0 Å². The maximum Gasteiger partial charge on any atom is 0.264 e. The van der Waals surface area contributed by atoms with Gasteiger partial charge in [-0.2, -0.15) is 0 Å². The first-order valence-electron chi connectivity index (χ1n) is 14.2. The number of carbonyl (C=O) groups excluding carboxylic acids is 2. The molecule has 3 aromatic rings. The molecule has 1 N–H and O–H groups in total. The molecule has 230 valence electrons. The largest absolute Gasteiger partial charge is 0.493 e. The van der Waals surface area contributed by atoms with Crippen LogP contribution in [-0.4, -0.2) is 58.0 Å². The van der Waals surface area contributed by atoms with Crippen LogP contribution in [0.25, 0.3) is 0 Å². The molecule has 1 atom stereocenters. The van der Waals surface area contributed by atoms with Crippen molar-refractivity contribution in [2.75, 3.05) is 25.1 Å². The van der Waals surface area contributed by atoms with Crippen molar-refractivity contribution >= 4 is 27.5 Å². The van der Waals surface area contributed by atoms with Crippen LogP contribution in [0, 0.1) is 12.7 Å². The van der Waals surface area contributed by atoms with Gasteiger partial charge in [-0.3, -0.25) is 13.9 Å². The van der Waals surface area contributed by atoms with Crippen molar-refractivity contribution in [3.05, 3.63) is 83.7 Å². The summed E-state index contributed by atoms with van der Waals surface area (Å²) in [7, 11) is -1.55. The number of amides is 2. The number of methoxy groups -OCH3 is 2. The zero-order valence-electron chi connectivity index (χ0n) is 24.9. The monoisotopic (exact) mass is 611 g/mol. The first kappa shape index (κ1) is 31.8. The summed E-state index contributed by atoms with van der Waals surface area (Å²) in [5, 5.41) is 3.05. The average molecular weight is 612 g/mol. The molecule has 0 saturated heterocycles. The number of sulfonamides is 1. The standard InChI is InChI=1S/C32H38FN3O6S/c1-22-9-5-6-10-24(22)20-35(23(2)32(38)34-26-11-7-8-12-26)31(37)21-36(27-15-13-25(33)14-16-27)43(39,40)28-17-18-29(41-3)30(19-28)42-4/h5-6,9-10,13-19,23,26H,7-8,11-12,20-21H2,1-4H3,(H,34,38). The van der Waals surface area contributed by atoms with Crippen LogP contribution in [0.15, 0.2) is 71.6 Å². The highest BCUT2D eigenvalue weighted by molar-refractivity contribution is 7.92. The van der Waals surface area contributed by atoms with Gasteiger partial charge < -0.3 is 19.7 Å². The maximum absolute atomic E-state index is 14.1. The molecule has 1 unspecified atom stereocenters. The molecule has 0 heterocycles. The minimum Gasteiger partial charge on any atom is -0.493 e. The predicted octanol–water partition coefficient (Wildman–Crippen LogP) is 4.82. The second kappa shape index (κ2) is 13.9. The Hall–Kier alpha value is -4.12. The van der Waals surface area contributed by atoms with Gasteiger partial charge in [0.15, 0.2) is 11.5 Å². The molecule has 0 spiro atoms. The summed E-state index contributed by atoms with van der Waals surface area (Å²) in [6, 6.07) is 15.6. The van der Waals surface area contributed by atoms with Gasteiger partial charge in [0.1, 0.15) is 18.4 Å². The molecule has 1 saturated carbocycles. The summed E-state index contributed by atoms with van der Waals surface area (Å²) in [5.74, 6) is -0.933. The molecule has 0 aromatic heterocycles. The van der Waals surface area contributed by atoms with E-state index in [4.69, 9.17) is 9.47 Å². The predicted molar refractivity (Wildman–Crippen MR) is 162 cm³/mol. The molecule has 11 heteroatoms. The van der Waals surface area contributed by atoms with Crippen LogP contribution in [-0.2, 0) is 26.2 Å². The second-order valence-electron chi connectivity index (χ2n) is 10.6. The van der Waals surface area contributed by atoms with Crippen molar-refractivity contribution in [1.82, 2.24) is 10.2 Å². The molecule has 1 aliphatic carbocycles. The number of halogens is 1. The lowest BCUT2D eigenvalue weighted by atomic mass is 10.1. The van der Waals surface area contributed by atoms with E-state index in [9.17, 15) is 22.4 Å². The molecule has 0 bridgehead atoms. The fourth-order valence-electron chi connectivity index (χ4n) is 5.19. The summed E-state index contributed by atoms with van der Waals surface area (Å²) in [5.41, 5.74) is 1.84. The van der Waals surface area contributed by atoms with Crippen molar-refractivity contribution in [3.63, 3.8) is 0 Å². The Bertz CT molecular complexity index is 1540. The van der Waals surface area contributed by atoms with Gasteiger partial charge in [0.2, 0.25) is 11.8 Å². The fraction of sp³-hybridized carbons (Fsp3) is 0.375. The zero-order chi connectivity index (χ0) is 31.1. The number of hydrogen-bond donors (Lipinski definition) is 1. The Balaban J connectivity index is 1.72. The second-order valence-corrected chi connectivity index (χ2v) is 12.5. The van der Waals surface area contributed by atoms with Crippen molar-refractivity contribution in [2.45, 2.75) is 63.1 Å². The molecule has 1 aliphatic rings. The molecule has 3 aromatic carbocycles. The average Bonchev–Trinajstić information content (AvgIpc) is 3.52. The van der Waals surface area contributed by atoms with Crippen LogP contribution in [0.4, 0.5) is 10.1 Å². The highest BCUT2D eigenvalue weighted by Crippen LogP contribution is 2.32. The third-order valence-electron chi connectivity index (χ3n) is 7.81. The highest BCUT2D eigenvalue weighted by Gasteiger charge is 2.34. The molecular weight excluding hydrogens is 573 g/mol. The van der Waals surface area contributed by atoms with E-state index in [-0.39, 0.29) is 34.8 Å². The molecule has 0 radical (unpaired) electrons.